The number of hydrogen-bond acceptors (Lipinski definition) is 1. The highest BCUT2D eigenvalue weighted by Crippen LogP contribution is 2.26. The molecule has 0 aliphatic carbocycles. The number of aryl methyl sites for hydroxylation is 2. The van der Waals surface area contributed by atoms with Crippen LogP contribution in [-0.2, 0) is 13.5 Å². The van der Waals surface area contributed by atoms with Crippen molar-refractivity contribution in [1.82, 2.24) is 14.5 Å². The molecular formula is C18H25N3. The molecule has 1 unspecified atom stereocenters. The van der Waals surface area contributed by atoms with Crippen LogP contribution < -0.4 is 0 Å². The van der Waals surface area contributed by atoms with E-state index in [0.717, 1.165) is 35.4 Å². The van der Waals surface area contributed by atoms with Gasteiger partial charge in [0.15, 0.2) is 5.82 Å². The fourth-order valence-corrected chi connectivity index (χ4v) is 2.75. The van der Waals surface area contributed by atoms with Crippen molar-refractivity contribution in [2.75, 3.05) is 0 Å². The molecule has 1 aromatic carbocycles. The molecule has 1 N–H and O–H groups in total. The minimum atomic E-state index is 0. The quantitative estimate of drug-likeness (QED) is 0.726. The van der Waals surface area contributed by atoms with Crippen LogP contribution in [0.15, 0.2) is 30.5 Å². The number of H-pyrrole nitrogens is 1. The SMILES string of the molecule is CCc1cc(-c2nc3ccc(C(C)CC)cc3[nH]2)n(C)c1.[HH]. The number of hydrogen-bond donors (Lipinski definition) is 1. The molecule has 112 valence electrons. The van der Waals surface area contributed by atoms with E-state index < -0.39 is 0 Å². The highest BCUT2D eigenvalue weighted by Gasteiger charge is 2.11. The molecule has 0 bridgehead atoms. The van der Waals surface area contributed by atoms with Gasteiger partial charge in [-0.05, 0) is 48.1 Å². The summed E-state index contributed by atoms with van der Waals surface area (Å²) in [5, 5.41) is 0. The van der Waals surface area contributed by atoms with Gasteiger partial charge in [0, 0.05) is 14.7 Å². The molecule has 3 rings (SSSR count). The lowest BCUT2D eigenvalue weighted by molar-refractivity contribution is 0.734. The van der Waals surface area contributed by atoms with Crippen LogP contribution in [-0.4, -0.2) is 14.5 Å². The summed E-state index contributed by atoms with van der Waals surface area (Å²) in [6, 6.07) is 8.78. The van der Waals surface area contributed by atoms with Crippen LogP contribution in [0.25, 0.3) is 22.6 Å². The second-order valence-corrected chi connectivity index (χ2v) is 5.87. The summed E-state index contributed by atoms with van der Waals surface area (Å²) >= 11 is 0. The number of imidazole rings is 1. The maximum atomic E-state index is 4.74. The molecule has 0 radical (unpaired) electrons. The monoisotopic (exact) mass is 283 g/mol. The van der Waals surface area contributed by atoms with Gasteiger partial charge in [-0.25, -0.2) is 4.98 Å². The van der Waals surface area contributed by atoms with E-state index in [-0.39, 0.29) is 1.43 Å². The molecule has 1 atom stereocenters. The first-order valence-corrected chi connectivity index (χ1v) is 7.77. The second kappa shape index (κ2) is 5.40. The molecule has 2 heterocycles. The van der Waals surface area contributed by atoms with Gasteiger partial charge in [-0.15, -0.1) is 0 Å². The molecule has 3 nitrogen and oxygen atoms in total. The van der Waals surface area contributed by atoms with Gasteiger partial charge in [-0.1, -0.05) is 26.8 Å². The maximum absolute atomic E-state index is 4.74. The Kier molecular flexibility index (Phi) is 3.58. The Balaban J connectivity index is 0.00000176. The van der Waals surface area contributed by atoms with Gasteiger partial charge in [-0.2, -0.15) is 0 Å². The Hall–Kier alpha value is -2.03. The highest BCUT2D eigenvalue weighted by molar-refractivity contribution is 5.79. The van der Waals surface area contributed by atoms with Gasteiger partial charge in [-0.3, -0.25) is 0 Å². The topological polar surface area (TPSA) is 33.6 Å². The van der Waals surface area contributed by atoms with E-state index >= 15 is 0 Å². The highest BCUT2D eigenvalue weighted by atomic mass is 15.0. The summed E-state index contributed by atoms with van der Waals surface area (Å²) in [5.41, 5.74) is 6.03. The average molecular weight is 283 g/mol. The van der Waals surface area contributed by atoms with Gasteiger partial charge < -0.3 is 9.55 Å². The predicted molar refractivity (Wildman–Crippen MR) is 90.7 cm³/mol. The summed E-state index contributed by atoms with van der Waals surface area (Å²) in [4.78, 5) is 8.22. The van der Waals surface area contributed by atoms with E-state index in [9.17, 15) is 0 Å². The smallest absolute Gasteiger partial charge is 0.155 e. The standard InChI is InChI=1S/C18H23N3.H2/c1-5-12(3)14-7-8-15-16(10-14)20-18(19-15)17-9-13(6-2)11-21(17)4;/h7-12H,5-6H2,1-4H3,(H,19,20);1H. The van der Waals surface area contributed by atoms with E-state index in [0.29, 0.717) is 5.92 Å². The molecule has 0 fully saturated rings. The summed E-state index contributed by atoms with van der Waals surface area (Å²) in [6.45, 7) is 6.67. The fraction of sp³-hybridized carbons (Fsp3) is 0.389. The van der Waals surface area contributed by atoms with Crippen molar-refractivity contribution in [1.29, 1.82) is 0 Å². The molecule has 2 aromatic heterocycles. The summed E-state index contributed by atoms with van der Waals surface area (Å²) < 4.78 is 2.14. The Bertz CT molecular complexity index is 770. The summed E-state index contributed by atoms with van der Waals surface area (Å²) in [5.74, 6) is 1.54. The van der Waals surface area contributed by atoms with Gasteiger partial charge in [0.05, 0.1) is 16.7 Å². The molecule has 0 aliphatic heterocycles. The van der Waals surface area contributed by atoms with E-state index in [2.05, 4.69) is 67.8 Å². The lowest BCUT2D eigenvalue weighted by Gasteiger charge is -2.07. The average Bonchev–Trinajstić information content (AvgIpc) is 3.08. The third kappa shape index (κ3) is 2.48. The van der Waals surface area contributed by atoms with E-state index in [1.165, 1.54) is 11.1 Å². The van der Waals surface area contributed by atoms with Crippen LogP contribution in [0.2, 0.25) is 0 Å². The zero-order valence-electron chi connectivity index (χ0n) is 13.3. The molecular weight excluding hydrogens is 258 g/mol. The molecule has 0 spiro atoms. The van der Waals surface area contributed by atoms with Crippen molar-refractivity contribution >= 4 is 11.0 Å². The molecule has 0 saturated heterocycles. The lowest BCUT2D eigenvalue weighted by Crippen LogP contribution is -1.90. The van der Waals surface area contributed by atoms with Crippen LogP contribution in [0.5, 0.6) is 0 Å². The van der Waals surface area contributed by atoms with Crippen LogP contribution in [0.4, 0.5) is 0 Å². The van der Waals surface area contributed by atoms with Crippen molar-refractivity contribution in [3.05, 3.63) is 41.6 Å². The van der Waals surface area contributed by atoms with Crippen molar-refractivity contribution in [3.8, 4) is 11.5 Å². The van der Waals surface area contributed by atoms with Gasteiger partial charge >= 0.3 is 0 Å². The Morgan fingerprint density at radius 3 is 2.76 bits per heavy atom. The minimum Gasteiger partial charge on any atom is -0.348 e. The number of benzene rings is 1. The van der Waals surface area contributed by atoms with Crippen LogP contribution in [0.3, 0.4) is 0 Å². The third-order valence-corrected chi connectivity index (χ3v) is 4.40. The maximum Gasteiger partial charge on any atom is 0.155 e. The van der Waals surface area contributed by atoms with Crippen LogP contribution in [0.1, 0.15) is 45.7 Å². The fourth-order valence-electron chi connectivity index (χ4n) is 2.75. The summed E-state index contributed by atoms with van der Waals surface area (Å²) in [6.07, 6.45) is 4.38. The van der Waals surface area contributed by atoms with Crippen molar-refractivity contribution < 1.29 is 1.43 Å². The van der Waals surface area contributed by atoms with Gasteiger partial charge in [0.1, 0.15) is 0 Å². The number of rotatable bonds is 4. The number of nitrogens with one attached hydrogen (secondary N) is 1. The van der Waals surface area contributed by atoms with E-state index in [4.69, 9.17) is 4.98 Å². The number of aromatic nitrogens is 3. The first kappa shape index (κ1) is 13.9. The van der Waals surface area contributed by atoms with E-state index in [1.54, 1.807) is 0 Å². The zero-order chi connectivity index (χ0) is 15.0. The Labute approximate surface area is 127 Å². The second-order valence-electron chi connectivity index (χ2n) is 5.87. The minimum absolute atomic E-state index is 0. The van der Waals surface area contributed by atoms with Crippen molar-refractivity contribution in [2.45, 2.75) is 39.5 Å². The van der Waals surface area contributed by atoms with Gasteiger partial charge in [0.2, 0.25) is 0 Å². The number of aromatic amines is 1. The number of fused-ring (bicyclic) bond motifs is 1. The molecule has 0 amide bonds. The normalized spacial score (nSPS) is 13.0. The van der Waals surface area contributed by atoms with E-state index in [1.807, 2.05) is 0 Å². The Morgan fingerprint density at radius 2 is 2.10 bits per heavy atom. The summed E-state index contributed by atoms with van der Waals surface area (Å²) in [7, 11) is 2.08. The molecule has 0 saturated carbocycles. The lowest BCUT2D eigenvalue weighted by atomic mass is 9.98. The molecule has 3 heteroatoms. The largest absolute Gasteiger partial charge is 0.348 e. The van der Waals surface area contributed by atoms with Crippen molar-refractivity contribution in [2.24, 2.45) is 7.05 Å². The van der Waals surface area contributed by atoms with Crippen LogP contribution in [0, 0.1) is 0 Å². The molecule has 21 heavy (non-hydrogen) atoms. The van der Waals surface area contributed by atoms with Crippen LogP contribution >= 0.6 is 0 Å². The third-order valence-electron chi connectivity index (χ3n) is 4.40. The number of nitrogens with zero attached hydrogens (tertiary/aromatic N) is 2. The first-order valence-electron chi connectivity index (χ1n) is 7.77. The predicted octanol–water partition coefficient (Wildman–Crippen LogP) is 4.89. The van der Waals surface area contributed by atoms with Crippen molar-refractivity contribution in [3.63, 3.8) is 0 Å². The first-order chi connectivity index (χ1) is 10.1. The molecule has 3 aromatic rings. The van der Waals surface area contributed by atoms with Gasteiger partial charge in [0.25, 0.3) is 0 Å². The zero-order valence-corrected chi connectivity index (χ0v) is 13.3. The Morgan fingerprint density at radius 1 is 1.29 bits per heavy atom. The molecule has 0 aliphatic rings.